The molecule has 0 bridgehead atoms. The molecule has 0 saturated carbocycles. The predicted molar refractivity (Wildman–Crippen MR) is 75.7 cm³/mol. The molecule has 0 spiro atoms. The molecule has 2 nitrogen and oxygen atoms in total. The molecule has 0 amide bonds. The van der Waals surface area contributed by atoms with E-state index in [1.807, 2.05) is 0 Å². The maximum atomic E-state index is 3.57. The molecule has 1 fully saturated rings. The Bertz CT molecular complexity index is 318. The summed E-state index contributed by atoms with van der Waals surface area (Å²) in [6.07, 6.45) is 0. The molecule has 0 radical (unpaired) electrons. The van der Waals surface area contributed by atoms with Crippen LogP contribution in [0.2, 0.25) is 0 Å². The van der Waals surface area contributed by atoms with Crippen LogP contribution in [0.5, 0.6) is 0 Å². The smallest absolute Gasteiger partial charge is 0.0321 e. The Morgan fingerprint density at radius 1 is 1.12 bits per heavy atom. The molecule has 3 heteroatoms. The van der Waals surface area contributed by atoms with E-state index in [4.69, 9.17) is 0 Å². The first kappa shape index (κ1) is 14.5. The van der Waals surface area contributed by atoms with Crippen molar-refractivity contribution in [3.05, 3.63) is 35.9 Å². The quantitative estimate of drug-likeness (QED) is 0.873. The highest BCUT2D eigenvalue weighted by molar-refractivity contribution is 5.85. The van der Waals surface area contributed by atoms with Crippen molar-refractivity contribution in [3.8, 4) is 0 Å². The Morgan fingerprint density at radius 2 is 1.65 bits per heavy atom. The molecular formula is C14H23ClN2. The number of nitrogens with zero attached hydrogens (tertiary/aromatic N) is 1. The zero-order valence-corrected chi connectivity index (χ0v) is 11.7. The highest BCUT2D eigenvalue weighted by Gasteiger charge is 2.24. The standard InChI is InChI=1S/C14H22N2.ClH/c1-11-9-16(10-12(2)15-11)13(3)14-7-5-4-6-8-14;/h4-8,11-13,15H,9-10H2,1-3H3;1H. The van der Waals surface area contributed by atoms with Gasteiger partial charge < -0.3 is 5.32 Å². The van der Waals surface area contributed by atoms with E-state index in [1.54, 1.807) is 0 Å². The van der Waals surface area contributed by atoms with Crippen LogP contribution in [0.15, 0.2) is 30.3 Å². The van der Waals surface area contributed by atoms with Crippen molar-refractivity contribution >= 4 is 12.4 Å². The van der Waals surface area contributed by atoms with Gasteiger partial charge in [0.2, 0.25) is 0 Å². The van der Waals surface area contributed by atoms with E-state index in [0.29, 0.717) is 18.1 Å². The van der Waals surface area contributed by atoms with Crippen LogP contribution in [0.1, 0.15) is 32.4 Å². The van der Waals surface area contributed by atoms with Crippen LogP contribution in [-0.2, 0) is 0 Å². The third-order valence-corrected chi connectivity index (χ3v) is 3.42. The minimum absolute atomic E-state index is 0. The SMILES string of the molecule is CC1CN(C(C)c2ccccc2)CC(C)N1.Cl. The van der Waals surface area contributed by atoms with Gasteiger partial charge in [-0.15, -0.1) is 12.4 Å². The Kier molecular flexibility index (Phi) is 5.44. The highest BCUT2D eigenvalue weighted by atomic mass is 35.5. The van der Waals surface area contributed by atoms with Gasteiger partial charge in [-0.25, -0.2) is 0 Å². The third-order valence-electron chi connectivity index (χ3n) is 3.42. The van der Waals surface area contributed by atoms with Gasteiger partial charge in [-0.2, -0.15) is 0 Å². The second-order valence-corrected chi connectivity index (χ2v) is 5.01. The van der Waals surface area contributed by atoms with Crippen LogP contribution >= 0.6 is 12.4 Å². The van der Waals surface area contributed by atoms with Gasteiger partial charge in [0.1, 0.15) is 0 Å². The van der Waals surface area contributed by atoms with Crippen molar-refractivity contribution in [1.82, 2.24) is 10.2 Å². The van der Waals surface area contributed by atoms with E-state index in [-0.39, 0.29) is 12.4 Å². The van der Waals surface area contributed by atoms with Crippen molar-refractivity contribution in [3.63, 3.8) is 0 Å². The minimum atomic E-state index is 0. The summed E-state index contributed by atoms with van der Waals surface area (Å²) in [4.78, 5) is 2.57. The molecule has 1 aliphatic heterocycles. The maximum Gasteiger partial charge on any atom is 0.0321 e. The first-order valence-electron chi connectivity index (χ1n) is 6.22. The molecule has 2 rings (SSSR count). The Morgan fingerprint density at radius 3 is 2.18 bits per heavy atom. The summed E-state index contributed by atoms with van der Waals surface area (Å²) in [5.74, 6) is 0. The second kappa shape index (κ2) is 6.39. The molecule has 1 N–H and O–H groups in total. The largest absolute Gasteiger partial charge is 0.309 e. The van der Waals surface area contributed by atoms with Crippen LogP contribution < -0.4 is 5.32 Å². The van der Waals surface area contributed by atoms with Gasteiger partial charge in [0.15, 0.2) is 0 Å². The zero-order valence-electron chi connectivity index (χ0n) is 10.9. The summed E-state index contributed by atoms with van der Waals surface area (Å²) in [7, 11) is 0. The summed E-state index contributed by atoms with van der Waals surface area (Å²) in [6.45, 7) is 9.11. The summed E-state index contributed by atoms with van der Waals surface area (Å²) in [5.41, 5.74) is 1.42. The van der Waals surface area contributed by atoms with Crippen LogP contribution in [-0.4, -0.2) is 30.1 Å². The van der Waals surface area contributed by atoms with Gasteiger partial charge >= 0.3 is 0 Å². The van der Waals surface area contributed by atoms with Gasteiger partial charge in [-0.05, 0) is 26.3 Å². The van der Waals surface area contributed by atoms with Crippen LogP contribution in [0.25, 0.3) is 0 Å². The van der Waals surface area contributed by atoms with E-state index >= 15 is 0 Å². The third kappa shape index (κ3) is 3.70. The van der Waals surface area contributed by atoms with Crippen molar-refractivity contribution in [1.29, 1.82) is 0 Å². The summed E-state index contributed by atoms with van der Waals surface area (Å²) in [6, 6.07) is 12.5. The monoisotopic (exact) mass is 254 g/mol. The average Bonchev–Trinajstić information content (AvgIpc) is 2.28. The van der Waals surface area contributed by atoms with E-state index in [1.165, 1.54) is 5.56 Å². The number of halogens is 1. The van der Waals surface area contributed by atoms with Crippen LogP contribution in [0, 0.1) is 0 Å². The lowest BCUT2D eigenvalue weighted by molar-refractivity contribution is 0.131. The van der Waals surface area contributed by atoms with Gasteiger partial charge in [-0.3, -0.25) is 4.90 Å². The van der Waals surface area contributed by atoms with Crippen molar-refractivity contribution in [2.75, 3.05) is 13.1 Å². The number of hydrogen-bond donors (Lipinski definition) is 1. The molecule has 0 aliphatic carbocycles. The fourth-order valence-electron chi connectivity index (χ4n) is 2.63. The van der Waals surface area contributed by atoms with Crippen molar-refractivity contribution < 1.29 is 0 Å². The summed E-state index contributed by atoms with van der Waals surface area (Å²) in [5, 5.41) is 3.57. The van der Waals surface area contributed by atoms with Gasteiger partial charge in [0, 0.05) is 31.2 Å². The molecule has 0 aromatic heterocycles. The lowest BCUT2D eigenvalue weighted by Crippen LogP contribution is -2.54. The summed E-state index contributed by atoms with van der Waals surface area (Å²) < 4.78 is 0. The number of hydrogen-bond acceptors (Lipinski definition) is 2. The van der Waals surface area contributed by atoms with Gasteiger partial charge in [-0.1, -0.05) is 30.3 Å². The van der Waals surface area contributed by atoms with Crippen molar-refractivity contribution in [2.45, 2.75) is 38.9 Å². The molecule has 3 unspecified atom stereocenters. The van der Waals surface area contributed by atoms with Crippen LogP contribution in [0.4, 0.5) is 0 Å². The molecule has 1 aromatic carbocycles. The maximum absolute atomic E-state index is 3.57. The van der Waals surface area contributed by atoms with Crippen molar-refractivity contribution in [2.24, 2.45) is 0 Å². The molecule has 1 aliphatic rings. The predicted octanol–water partition coefficient (Wildman–Crippen LogP) is 2.85. The Balaban J connectivity index is 0.00000144. The number of piperazine rings is 1. The highest BCUT2D eigenvalue weighted by Crippen LogP contribution is 2.22. The fraction of sp³-hybridized carbons (Fsp3) is 0.571. The number of nitrogens with one attached hydrogen (secondary N) is 1. The molecule has 1 heterocycles. The average molecular weight is 255 g/mol. The van der Waals surface area contributed by atoms with Crippen LogP contribution in [0.3, 0.4) is 0 Å². The number of rotatable bonds is 2. The fourth-order valence-corrected chi connectivity index (χ4v) is 2.63. The molecule has 96 valence electrons. The first-order valence-corrected chi connectivity index (χ1v) is 6.22. The van der Waals surface area contributed by atoms with Gasteiger partial charge in [0.05, 0.1) is 0 Å². The first-order chi connectivity index (χ1) is 7.66. The zero-order chi connectivity index (χ0) is 11.5. The topological polar surface area (TPSA) is 15.3 Å². The lowest BCUT2D eigenvalue weighted by Gasteiger charge is -2.39. The molecular weight excluding hydrogens is 232 g/mol. The van der Waals surface area contributed by atoms with E-state index in [9.17, 15) is 0 Å². The molecule has 3 atom stereocenters. The van der Waals surface area contributed by atoms with E-state index in [0.717, 1.165) is 13.1 Å². The second-order valence-electron chi connectivity index (χ2n) is 5.01. The Labute approximate surface area is 111 Å². The lowest BCUT2D eigenvalue weighted by atomic mass is 10.0. The Hall–Kier alpha value is -0.570. The molecule has 1 aromatic rings. The normalized spacial score (nSPS) is 27.2. The molecule has 17 heavy (non-hydrogen) atoms. The van der Waals surface area contributed by atoms with Gasteiger partial charge in [0.25, 0.3) is 0 Å². The van der Waals surface area contributed by atoms with E-state index < -0.39 is 0 Å². The minimum Gasteiger partial charge on any atom is -0.309 e. The summed E-state index contributed by atoms with van der Waals surface area (Å²) >= 11 is 0. The van der Waals surface area contributed by atoms with E-state index in [2.05, 4.69) is 61.3 Å². The molecule has 1 saturated heterocycles. The number of benzene rings is 1.